The van der Waals surface area contributed by atoms with E-state index in [0.717, 1.165) is 0 Å². The molecule has 1 rings (SSSR count). The first-order valence-corrected chi connectivity index (χ1v) is 8.94. The van der Waals surface area contributed by atoms with E-state index in [2.05, 4.69) is 10.6 Å². The maximum atomic E-state index is 11.8. The van der Waals surface area contributed by atoms with Gasteiger partial charge in [0.25, 0.3) is 0 Å². The molecule has 0 spiro atoms. The lowest BCUT2D eigenvalue weighted by molar-refractivity contribution is -0.139. The van der Waals surface area contributed by atoms with Crippen LogP contribution in [0.3, 0.4) is 0 Å². The average molecular weight is 330 g/mol. The summed E-state index contributed by atoms with van der Waals surface area (Å²) in [6.45, 7) is 4.54. The topological polar surface area (TPSA) is 78.4 Å². The maximum absolute atomic E-state index is 11.8. The molecule has 0 fully saturated rings. The predicted molar refractivity (Wildman–Crippen MR) is 88.3 cm³/mol. The van der Waals surface area contributed by atoms with E-state index in [1.807, 2.05) is 37.6 Å². The fourth-order valence-corrected chi connectivity index (χ4v) is 3.08. The lowest BCUT2D eigenvalue weighted by atomic mass is 9.91. The smallest absolute Gasteiger partial charge is 0.326 e. The van der Waals surface area contributed by atoms with Crippen molar-refractivity contribution in [3.8, 4) is 0 Å². The minimum atomic E-state index is -1.00. The van der Waals surface area contributed by atoms with Crippen LogP contribution in [-0.2, 0) is 10.2 Å². The number of thiophene rings is 1. The SMILES string of the molecule is CSCC[C@@H](NC(=O)NCC(C)(C)c1cccs1)C(=O)O. The second-order valence-electron chi connectivity index (χ2n) is 5.36. The van der Waals surface area contributed by atoms with Gasteiger partial charge >= 0.3 is 12.0 Å². The minimum absolute atomic E-state index is 0.177. The largest absolute Gasteiger partial charge is 0.480 e. The normalized spacial score (nSPS) is 12.7. The van der Waals surface area contributed by atoms with Gasteiger partial charge in [0.1, 0.15) is 6.04 Å². The standard InChI is InChI=1S/C14H22N2O3S2/c1-14(2,11-5-4-7-21-11)9-15-13(19)16-10(12(17)18)6-8-20-3/h4-5,7,10H,6,8-9H2,1-3H3,(H,17,18)(H2,15,16,19)/t10-/m1/s1. The lowest BCUT2D eigenvalue weighted by Gasteiger charge is -2.24. The number of hydrogen-bond acceptors (Lipinski definition) is 4. The summed E-state index contributed by atoms with van der Waals surface area (Å²) < 4.78 is 0. The van der Waals surface area contributed by atoms with Gasteiger partial charge in [-0.25, -0.2) is 9.59 Å². The zero-order valence-electron chi connectivity index (χ0n) is 12.5. The number of carbonyl (C=O) groups is 2. The van der Waals surface area contributed by atoms with Crippen LogP contribution in [0.2, 0.25) is 0 Å². The summed E-state index contributed by atoms with van der Waals surface area (Å²) in [7, 11) is 0. The van der Waals surface area contributed by atoms with Crippen molar-refractivity contribution in [3.05, 3.63) is 22.4 Å². The van der Waals surface area contributed by atoms with Gasteiger partial charge in [0.2, 0.25) is 0 Å². The molecule has 0 unspecified atom stereocenters. The number of rotatable bonds is 8. The van der Waals surface area contributed by atoms with Crippen LogP contribution in [-0.4, -0.2) is 41.7 Å². The molecule has 1 aromatic rings. The first-order valence-electron chi connectivity index (χ1n) is 6.67. The zero-order chi connectivity index (χ0) is 15.9. The summed E-state index contributed by atoms with van der Waals surface area (Å²) in [6.07, 6.45) is 2.32. The summed E-state index contributed by atoms with van der Waals surface area (Å²) in [5.41, 5.74) is -0.177. The van der Waals surface area contributed by atoms with Crippen molar-refractivity contribution in [1.29, 1.82) is 0 Å². The molecule has 3 N–H and O–H groups in total. The second kappa shape index (κ2) is 8.29. The molecule has 2 amide bonds. The predicted octanol–water partition coefficient (Wildman–Crippen LogP) is 2.53. The Morgan fingerprint density at radius 2 is 2.19 bits per heavy atom. The van der Waals surface area contributed by atoms with E-state index < -0.39 is 18.0 Å². The van der Waals surface area contributed by atoms with E-state index in [-0.39, 0.29) is 5.41 Å². The zero-order valence-corrected chi connectivity index (χ0v) is 14.1. The molecule has 0 aliphatic rings. The Morgan fingerprint density at radius 1 is 1.48 bits per heavy atom. The van der Waals surface area contributed by atoms with Crippen molar-refractivity contribution in [2.75, 3.05) is 18.6 Å². The van der Waals surface area contributed by atoms with Crippen molar-refractivity contribution in [2.24, 2.45) is 0 Å². The summed E-state index contributed by atoms with van der Waals surface area (Å²) >= 11 is 3.20. The van der Waals surface area contributed by atoms with Crippen molar-refractivity contribution < 1.29 is 14.7 Å². The Kier molecular flexibility index (Phi) is 7.04. The van der Waals surface area contributed by atoms with E-state index in [9.17, 15) is 9.59 Å². The van der Waals surface area contributed by atoms with Gasteiger partial charge in [-0.05, 0) is 29.9 Å². The molecule has 5 nitrogen and oxygen atoms in total. The molecule has 1 heterocycles. The molecular formula is C14H22N2O3S2. The molecule has 1 atom stereocenters. The van der Waals surface area contributed by atoms with E-state index in [1.165, 1.54) is 4.88 Å². The van der Waals surface area contributed by atoms with Gasteiger partial charge in [0.05, 0.1) is 0 Å². The van der Waals surface area contributed by atoms with Crippen LogP contribution in [0.15, 0.2) is 17.5 Å². The number of nitrogens with one attached hydrogen (secondary N) is 2. The summed E-state index contributed by atoms with van der Waals surface area (Å²) in [6, 6.07) is 2.73. The van der Waals surface area contributed by atoms with Gasteiger partial charge in [0, 0.05) is 16.8 Å². The fourth-order valence-electron chi connectivity index (χ4n) is 1.75. The quantitative estimate of drug-likeness (QED) is 0.684. The summed E-state index contributed by atoms with van der Waals surface area (Å²) in [5.74, 6) is -0.311. The Labute approximate surface area is 133 Å². The molecule has 0 aromatic carbocycles. The highest BCUT2D eigenvalue weighted by Crippen LogP contribution is 2.26. The molecule has 0 bridgehead atoms. The summed E-state index contributed by atoms with van der Waals surface area (Å²) in [4.78, 5) is 24.1. The first kappa shape index (κ1) is 17.8. The third-order valence-electron chi connectivity index (χ3n) is 3.09. The Morgan fingerprint density at radius 3 is 2.71 bits per heavy atom. The summed E-state index contributed by atoms with van der Waals surface area (Å²) in [5, 5.41) is 16.3. The second-order valence-corrected chi connectivity index (χ2v) is 7.29. The van der Waals surface area contributed by atoms with Crippen LogP contribution >= 0.6 is 23.1 Å². The van der Waals surface area contributed by atoms with Crippen molar-refractivity contribution in [1.82, 2.24) is 10.6 Å². The van der Waals surface area contributed by atoms with Crippen LogP contribution in [0.5, 0.6) is 0 Å². The van der Waals surface area contributed by atoms with Crippen LogP contribution in [0.4, 0.5) is 4.79 Å². The van der Waals surface area contributed by atoms with Gasteiger partial charge in [0.15, 0.2) is 0 Å². The number of carboxylic acids is 1. The van der Waals surface area contributed by atoms with Crippen molar-refractivity contribution in [3.63, 3.8) is 0 Å². The highest BCUT2D eigenvalue weighted by atomic mass is 32.2. The number of hydrogen-bond donors (Lipinski definition) is 3. The number of carbonyl (C=O) groups excluding carboxylic acids is 1. The third-order valence-corrected chi connectivity index (χ3v) is 4.97. The first-order chi connectivity index (χ1) is 9.86. The Hall–Kier alpha value is -1.21. The van der Waals surface area contributed by atoms with Crippen molar-refractivity contribution >= 4 is 35.1 Å². The average Bonchev–Trinajstić information content (AvgIpc) is 2.96. The maximum Gasteiger partial charge on any atom is 0.326 e. The fraction of sp³-hybridized carbons (Fsp3) is 0.571. The molecule has 0 saturated heterocycles. The highest BCUT2D eigenvalue weighted by Gasteiger charge is 2.24. The van der Waals surface area contributed by atoms with Gasteiger partial charge in [-0.3, -0.25) is 0 Å². The number of aliphatic carboxylic acids is 1. The van der Waals surface area contributed by atoms with Gasteiger partial charge < -0.3 is 15.7 Å². The number of urea groups is 1. The number of carboxylic acid groups (broad SMARTS) is 1. The molecule has 1 aromatic heterocycles. The van der Waals surface area contributed by atoms with E-state index >= 15 is 0 Å². The molecule has 0 aliphatic carbocycles. The third kappa shape index (κ3) is 5.97. The van der Waals surface area contributed by atoms with E-state index in [4.69, 9.17) is 5.11 Å². The van der Waals surface area contributed by atoms with Crippen LogP contribution in [0.1, 0.15) is 25.1 Å². The van der Waals surface area contributed by atoms with Gasteiger partial charge in [-0.15, -0.1) is 11.3 Å². The molecular weight excluding hydrogens is 308 g/mol. The van der Waals surface area contributed by atoms with Gasteiger partial charge in [-0.1, -0.05) is 19.9 Å². The molecule has 0 saturated carbocycles. The van der Waals surface area contributed by atoms with Crippen LogP contribution in [0, 0.1) is 0 Å². The lowest BCUT2D eigenvalue weighted by Crippen LogP contribution is -2.48. The number of amides is 2. The Bertz CT molecular complexity index is 461. The molecule has 118 valence electrons. The van der Waals surface area contributed by atoms with E-state index in [1.54, 1.807) is 23.1 Å². The Balaban J connectivity index is 2.47. The van der Waals surface area contributed by atoms with Crippen LogP contribution < -0.4 is 10.6 Å². The highest BCUT2D eigenvalue weighted by molar-refractivity contribution is 7.98. The molecule has 0 radical (unpaired) electrons. The minimum Gasteiger partial charge on any atom is -0.480 e. The number of thioether (sulfide) groups is 1. The molecule has 21 heavy (non-hydrogen) atoms. The van der Waals surface area contributed by atoms with E-state index in [0.29, 0.717) is 18.7 Å². The van der Waals surface area contributed by atoms with Crippen LogP contribution in [0.25, 0.3) is 0 Å². The molecule has 0 aliphatic heterocycles. The van der Waals surface area contributed by atoms with Gasteiger partial charge in [-0.2, -0.15) is 11.8 Å². The monoisotopic (exact) mass is 330 g/mol. The molecule has 7 heteroatoms. The van der Waals surface area contributed by atoms with Crippen molar-refractivity contribution in [2.45, 2.75) is 31.7 Å².